The molecule has 6 fully saturated rings. The van der Waals surface area contributed by atoms with Crippen molar-refractivity contribution in [2.45, 2.75) is 239 Å². The van der Waals surface area contributed by atoms with Crippen molar-refractivity contribution in [2.24, 2.45) is 5.73 Å². The van der Waals surface area contributed by atoms with Crippen LogP contribution in [0.2, 0.25) is 36.9 Å². The first-order valence-electron chi connectivity index (χ1n) is 39.3. The SMILES string of the molecule is C.C#CCO.CCC.CCOC(C)=O.CN(C)C(=O)c1cc2cnc(Cl)nc2n1C1CCCC1.Clc1ncc(Br)c(Cl)n1.Clc1ncc(Br)c(NC2CCCC2)n1.N#CC(=O)c1cc2cnc(Cl)nc2n1C1CCCC1.NC1CCCC1.OCC#Cc1cnc(Cl)nc1NC1CCCC1.OCc1cc2cnc(Cl)nc2n1C1CCCC1.[2H]CF. The minimum atomic E-state index is -1.00. The number of anilines is 2. The minimum absolute atomic E-state index is 0. The van der Waals surface area contributed by atoms with Gasteiger partial charge in [-0.25, -0.2) is 34.9 Å². The monoisotopic (exact) mass is 1890 g/mol. The summed E-state index contributed by atoms with van der Waals surface area (Å²) in [6, 6.07) is 9.69. The Kier molecular flexibility index (Phi) is 48.3. The highest BCUT2D eigenvalue weighted by atomic mass is 79.9. The van der Waals surface area contributed by atoms with E-state index in [9.17, 15) is 23.9 Å². The highest BCUT2D eigenvalue weighted by Gasteiger charge is 2.29. The predicted octanol–water partition coefficient (Wildman–Crippen LogP) is 19.8. The molecule has 15 rings (SSSR count). The van der Waals surface area contributed by atoms with E-state index < -0.39 is 12.9 Å². The summed E-state index contributed by atoms with van der Waals surface area (Å²) in [4.78, 5) is 83.7. The number of rotatable bonds is 11. The molecule has 0 aliphatic heterocycles. The Balaban J connectivity index is 0.000000287. The van der Waals surface area contributed by atoms with Gasteiger partial charge < -0.3 is 55.0 Å². The molecule has 0 bridgehead atoms. The number of carbonyl (C=O) groups excluding carboxylic acids is 3. The van der Waals surface area contributed by atoms with Crippen molar-refractivity contribution in [3.05, 3.63) is 124 Å². The number of aliphatic hydroxyl groups is 3. The fraction of sp³-hybridized carbons (Fsp3) is 0.531. The van der Waals surface area contributed by atoms with Crippen LogP contribution in [0.4, 0.5) is 16.0 Å². The summed E-state index contributed by atoms with van der Waals surface area (Å²) in [6.07, 6.45) is 44.2. The molecule has 7 N–H and O–H groups in total. The Hall–Kier alpha value is -7.32. The van der Waals surface area contributed by atoms with Gasteiger partial charge in [-0.15, -0.1) is 6.42 Å². The number of nitriles is 1. The molecule has 27 nitrogen and oxygen atoms in total. The maximum absolute atomic E-state index is 12.4. The van der Waals surface area contributed by atoms with E-state index in [1.165, 1.54) is 109 Å². The van der Waals surface area contributed by atoms with Gasteiger partial charge in [-0.05, 0) is 204 Å². The molecule has 0 aromatic carbocycles. The van der Waals surface area contributed by atoms with Crippen molar-refractivity contribution in [3.63, 3.8) is 0 Å². The summed E-state index contributed by atoms with van der Waals surface area (Å²) >= 11 is 46.5. The number of esters is 1. The molecule has 9 heterocycles. The standard InChI is InChI=1S/C14H17ClN4O.C13H11ClN4O.2C12H14ClN3O.C9H11BrClN3.C5H11N.C4HBrCl2N2.C4H8O2.C3H4O.C3H8.CH3F.CH4/c1-18(2)13(20)11-7-9-8-16-14(15)17-12(9)19(11)10-5-3-4-6-10;14-13-16-7-8-5-10(11(19)6-15)18(12(8)17-13)9-3-1-2-4-9;13-12-14-6-8-5-10(7-17)16(11(8)15-12)9-3-1-2-4-9;13-12-14-8-9(4-3-7-17)11(16-12)15-10-5-1-2-6-10;10-7-5-12-9(11)14-8(7)13-6-3-1-2-4-6;6-5-3-1-2-4-5;5-2-1-8-4(7)9-3(2)6;1-3-6-4(2)5;1-2-3-4;1-3-2;1-2;/h7-8,10H,3-6H2,1-2H3;5,7,9H,1-4H2;5-6,9,17H,1-4,7H2;8,10,17H,1-2,5-7H2,(H,14,15,16);5-6H,1-4H2,(H,12,13,14);5H,1-4,6H2;1H;3H2,1-2H3;1,4H,3H2;3H2,1-2H3;1H3;1H4/i;;;;;;;;;;1D;. The number of carbonyl (C=O) groups is 3. The van der Waals surface area contributed by atoms with Gasteiger partial charge in [-0.2, -0.15) is 30.2 Å². The number of Topliss-reactive ketones (excluding diaryl/α,β-unsaturated/α-hetero) is 1. The Bertz CT molecular complexity index is 4740. The van der Waals surface area contributed by atoms with E-state index in [1.807, 2.05) is 22.6 Å². The number of hydrogen-bond donors (Lipinski definition) is 6. The third-order valence-corrected chi connectivity index (χ3v) is 21.4. The number of hydrogen-bond acceptors (Lipinski definition) is 23. The highest BCUT2D eigenvalue weighted by Crippen LogP contribution is 2.38. The first-order chi connectivity index (χ1) is 56.7. The summed E-state index contributed by atoms with van der Waals surface area (Å²) in [5, 5.41) is 45.5. The van der Waals surface area contributed by atoms with E-state index in [2.05, 4.69) is 148 Å². The molecule has 0 unspecified atom stereocenters. The summed E-state index contributed by atoms with van der Waals surface area (Å²) in [5.41, 5.74) is 10.4. The number of alkyl halides is 1. The zero-order chi connectivity index (χ0) is 86.6. The smallest absolute Gasteiger partial charge is 0.302 e. The third-order valence-electron chi connectivity index (χ3n) is 18.6. The molecule has 1 amide bonds. The van der Waals surface area contributed by atoms with E-state index in [0.717, 1.165) is 108 Å². The quantitative estimate of drug-likeness (QED) is 0.0175. The Morgan fingerprint density at radius 2 is 0.949 bits per heavy atom. The van der Waals surface area contributed by atoms with Gasteiger partial charge in [0.2, 0.25) is 31.7 Å². The lowest BCUT2D eigenvalue weighted by Gasteiger charge is -2.18. The molecule has 0 spiro atoms. The average Bonchev–Trinajstić information content (AvgIpc) is 1.64. The number of ketones is 1. The van der Waals surface area contributed by atoms with E-state index in [1.54, 1.807) is 69.0 Å². The third kappa shape index (κ3) is 33.9. The molecule has 6 aliphatic rings. The van der Waals surface area contributed by atoms with Gasteiger partial charge in [0.1, 0.15) is 64.4 Å². The molecule has 9 aromatic heterocycles. The number of aromatic nitrogens is 15. The van der Waals surface area contributed by atoms with E-state index in [0.29, 0.717) is 74.9 Å². The van der Waals surface area contributed by atoms with Crippen molar-refractivity contribution in [1.29, 1.82) is 5.26 Å². The van der Waals surface area contributed by atoms with Gasteiger partial charge in [-0.1, -0.05) is 134 Å². The van der Waals surface area contributed by atoms with Gasteiger partial charge in [0.15, 0.2) is 0 Å². The maximum Gasteiger partial charge on any atom is 0.302 e. The Morgan fingerprint density at radius 1 is 0.585 bits per heavy atom. The largest absolute Gasteiger partial charge is 0.466 e. The normalized spacial score (nSPS) is 14.9. The van der Waals surface area contributed by atoms with Crippen LogP contribution in [0.25, 0.3) is 33.1 Å². The number of nitrogens with two attached hydrogens (primary N) is 1. The lowest BCUT2D eigenvalue weighted by atomic mass is 10.2. The number of nitrogens with one attached hydrogen (secondary N) is 2. The van der Waals surface area contributed by atoms with Gasteiger partial charge in [0.05, 0.1) is 36.2 Å². The molecule has 37 heteroatoms. The molecule has 642 valence electrons. The van der Waals surface area contributed by atoms with Crippen LogP contribution in [0.3, 0.4) is 0 Å². The zero-order valence-corrected chi connectivity index (χ0v) is 74.8. The summed E-state index contributed by atoms with van der Waals surface area (Å²) in [6.45, 7) is 7.61. The first-order valence-corrected chi connectivity index (χ1v) is 42.8. The Labute approximate surface area is 743 Å². The number of terminal acetylenes is 1. The zero-order valence-electron chi connectivity index (χ0n) is 67.4. The number of nitrogens with zero attached hydrogens (tertiary/aromatic N) is 17. The number of halogens is 10. The summed E-state index contributed by atoms with van der Waals surface area (Å²) < 4.78 is 27.5. The number of amides is 1. The van der Waals surface area contributed by atoms with Crippen molar-refractivity contribution >= 4 is 175 Å². The summed E-state index contributed by atoms with van der Waals surface area (Å²) in [5.74, 6) is 8.10. The van der Waals surface area contributed by atoms with Crippen LogP contribution >= 0.6 is 113 Å². The van der Waals surface area contributed by atoms with Crippen LogP contribution in [0.1, 0.15) is 247 Å². The lowest BCUT2D eigenvalue weighted by molar-refractivity contribution is -0.140. The molecule has 9 aromatic rings. The van der Waals surface area contributed by atoms with Crippen LogP contribution in [-0.4, -0.2) is 171 Å². The number of aliphatic hydroxyl groups excluding tert-OH is 3. The van der Waals surface area contributed by atoms with Gasteiger partial charge in [0, 0.05) is 116 Å². The van der Waals surface area contributed by atoms with Crippen molar-refractivity contribution in [2.75, 3.05) is 51.7 Å². The fourth-order valence-electron chi connectivity index (χ4n) is 13.6. The first kappa shape index (κ1) is 101. The van der Waals surface area contributed by atoms with E-state index in [4.69, 9.17) is 104 Å². The molecule has 0 atom stereocenters. The van der Waals surface area contributed by atoms with Crippen LogP contribution in [-0.2, 0) is 16.1 Å². The average molecular weight is 1900 g/mol. The molecule has 0 saturated heterocycles. The van der Waals surface area contributed by atoms with Crippen LogP contribution in [0, 0.1) is 35.5 Å². The van der Waals surface area contributed by atoms with Gasteiger partial charge >= 0.3 is 5.97 Å². The van der Waals surface area contributed by atoms with E-state index >= 15 is 0 Å². The van der Waals surface area contributed by atoms with Crippen LogP contribution in [0.5, 0.6) is 0 Å². The van der Waals surface area contributed by atoms with Crippen LogP contribution < -0.4 is 16.4 Å². The van der Waals surface area contributed by atoms with E-state index in [-0.39, 0.29) is 76.9 Å². The molecule has 0 radical (unpaired) electrons. The molecule has 6 saturated carbocycles. The second-order valence-electron chi connectivity index (χ2n) is 27.4. The Morgan fingerprint density at radius 3 is 1.33 bits per heavy atom. The highest BCUT2D eigenvalue weighted by molar-refractivity contribution is 9.11. The summed E-state index contributed by atoms with van der Waals surface area (Å²) in [7, 11) is 2.52. The maximum atomic E-state index is 12.4. The molecule has 118 heavy (non-hydrogen) atoms. The molecular formula is C81H106Br2Cl7FN20O7. The lowest BCUT2D eigenvalue weighted by Crippen LogP contribution is -2.25. The predicted molar refractivity (Wildman–Crippen MR) is 476 cm³/mol. The van der Waals surface area contributed by atoms with Crippen molar-refractivity contribution < 1.29 is 40.2 Å². The van der Waals surface area contributed by atoms with Gasteiger partial charge in [-0.3, -0.25) is 18.8 Å². The number of ether oxygens (including phenoxy) is 1. The fourth-order valence-corrected chi connectivity index (χ4v) is 15.0. The van der Waals surface area contributed by atoms with Crippen molar-refractivity contribution in [3.8, 4) is 30.3 Å². The van der Waals surface area contributed by atoms with Crippen LogP contribution in [0.15, 0.2) is 64.3 Å². The molecular weight excluding hydrogens is 1790 g/mol. The van der Waals surface area contributed by atoms with Gasteiger partial charge in [0.25, 0.3) is 11.7 Å². The number of fused-ring (bicyclic) bond motifs is 3. The second kappa shape index (κ2) is 56.3. The topological polar surface area (TPSA) is 368 Å². The van der Waals surface area contributed by atoms with Crippen molar-refractivity contribution in [1.82, 2.24) is 78.4 Å². The minimum Gasteiger partial charge on any atom is -0.466 e. The second-order valence-corrected chi connectivity index (χ2v) is 31.5. The molecule has 6 aliphatic carbocycles.